The minimum absolute atomic E-state index is 0.0713. The molecule has 0 amide bonds. The standard InChI is InChI=1S/C16H24O11/c17-3-8-10(19)11(20)12(21)15(26-8)27-14-9-6(1-2-16(9,24)5-18)7(4-25-14)13(22)23/h4,6,8-12,14-15,17-21,24H,1-3,5H2,(H,22,23)/t6-,8-,9-,10-,11+,12-,14+,15+,16+/m1/s1. The number of rotatable bonds is 5. The number of carboxylic acids is 1. The molecule has 1 saturated heterocycles. The van der Waals surface area contributed by atoms with Gasteiger partial charge in [0.15, 0.2) is 6.29 Å². The lowest BCUT2D eigenvalue weighted by Crippen LogP contribution is -2.61. The summed E-state index contributed by atoms with van der Waals surface area (Å²) in [6.45, 7) is -1.30. The SMILES string of the molecule is O=C(O)C1=CO[C@@H](O[C@@H]2O[C@H](CO)[C@@H](O)[C@H](O)[C@H]2O)[C@H]2[C@@H]1CC[C@]2(O)CO. The molecule has 11 nitrogen and oxygen atoms in total. The number of aliphatic hydroxyl groups excluding tert-OH is 5. The van der Waals surface area contributed by atoms with Crippen LogP contribution in [-0.2, 0) is 19.0 Å². The Labute approximate surface area is 154 Å². The third-order valence-corrected chi connectivity index (χ3v) is 5.60. The minimum Gasteiger partial charge on any atom is -0.478 e. The van der Waals surface area contributed by atoms with E-state index in [0.29, 0.717) is 0 Å². The molecule has 0 unspecified atom stereocenters. The summed E-state index contributed by atoms with van der Waals surface area (Å²) >= 11 is 0. The van der Waals surface area contributed by atoms with Crippen LogP contribution in [0.5, 0.6) is 0 Å². The number of hydrogen-bond donors (Lipinski definition) is 7. The molecule has 0 bridgehead atoms. The highest BCUT2D eigenvalue weighted by atomic mass is 16.8. The maximum absolute atomic E-state index is 11.4. The Bertz CT molecular complexity index is 593. The van der Waals surface area contributed by atoms with Crippen LogP contribution < -0.4 is 0 Å². The van der Waals surface area contributed by atoms with Crippen LogP contribution in [0.2, 0.25) is 0 Å². The lowest BCUT2D eigenvalue weighted by atomic mass is 9.80. The molecule has 2 fully saturated rings. The second-order valence-electron chi connectivity index (χ2n) is 7.15. The van der Waals surface area contributed by atoms with Gasteiger partial charge in [0.2, 0.25) is 6.29 Å². The summed E-state index contributed by atoms with van der Waals surface area (Å²) in [6.07, 6.45) is -7.54. The van der Waals surface area contributed by atoms with Gasteiger partial charge in [0.1, 0.15) is 24.4 Å². The first-order valence-electron chi connectivity index (χ1n) is 8.61. The van der Waals surface area contributed by atoms with Crippen LogP contribution in [0.15, 0.2) is 11.8 Å². The van der Waals surface area contributed by atoms with E-state index in [9.17, 15) is 40.5 Å². The average molecular weight is 392 g/mol. The Morgan fingerprint density at radius 2 is 1.89 bits per heavy atom. The smallest absolute Gasteiger partial charge is 0.334 e. The number of carbonyl (C=O) groups is 1. The van der Waals surface area contributed by atoms with Crippen molar-refractivity contribution in [2.45, 2.75) is 55.4 Å². The topological polar surface area (TPSA) is 186 Å². The fourth-order valence-electron chi connectivity index (χ4n) is 4.05. The molecular formula is C16H24O11. The molecule has 2 heterocycles. The molecule has 154 valence electrons. The number of fused-ring (bicyclic) bond motifs is 1. The van der Waals surface area contributed by atoms with Gasteiger partial charge in [-0.25, -0.2) is 4.79 Å². The molecule has 1 saturated carbocycles. The van der Waals surface area contributed by atoms with E-state index in [4.69, 9.17) is 14.2 Å². The summed E-state index contributed by atoms with van der Waals surface area (Å²) in [7, 11) is 0. The van der Waals surface area contributed by atoms with Crippen molar-refractivity contribution in [1.82, 2.24) is 0 Å². The maximum Gasteiger partial charge on any atom is 0.334 e. The van der Waals surface area contributed by atoms with Crippen molar-refractivity contribution in [2.75, 3.05) is 13.2 Å². The number of hydrogen-bond acceptors (Lipinski definition) is 10. The molecule has 3 rings (SSSR count). The first kappa shape index (κ1) is 20.4. The predicted molar refractivity (Wildman–Crippen MR) is 83.7 cm³/mol. The van der Waals surface area contributed by atoms with E-state index in [-0.39, 0.29) is 18.4 Å². The molecule has 27 heavy (non-hydrogen) atoms. The van der Waals surface area contributed by atoms with E-state index in [1.165, 1.54) is 0 Å². The van der Waals surface area contributed by atoms with Crippen molar-refractivity contribution >= 4 is 5.97 Å². The highest BCUT2D eigenvalue weighted by Gasteiger charge is 2.57. The van der Waals surface area contributed by atoms with E-state index in [2.05, 4.69) is 0 Å². The van der Waals surface area contributed by atoms with Gasteiger partial charge in [-0.05, 0) is 12.8 Å². The molecule has 0 aromatic rings. The molecule has 9 atom stereocenters. The second-order valence-corrected chi connectivity index (χ2v) is 7.15. The van der Waals surface area contributed by atoms with Gasteiger partial charge >= 0.3 is 5.97 Å². The van der Waals surface area contributed by atoms with Crippen molar-refractivity contribution in [3.8, 4) is 0 Å². The number of aliphatic carboxylic acids is 1. The van der Waals surface area contributed by atoms with Crippen molar-refractivity contribution in [3.63, 3.8) is 0 Å². The summed E-state index contributed by atoms with van der Waals surface area (Å²) in [5.41, 5.74) is -1.74. The zero-order chi connectivity index (χ0) is 19.9. The van der Waals surface area contributed by atoms with Gasteiger partial charge in [0.25, 0.3) is 0 Å². The molecule has 1 aliphatic carbocycles. The van der Waals surface area contributed by atoms with Gasteiger partial charge in [0, 0.05) is 5.92 Å². The van der Waals surface area contributed by atoms with E-state index in [1.54, 1.807) is 0 Å². The number of aliphatic hydroxyl groups is 6. The van der Waals surface area contributed by atoms with Gasteiger partial charge in [-0.15, -0.1) is 0 Å². The second kappa shape index (κ2) is 7.60. The van der Waals surface area contributed by atoms with Crippen molar-refractivity contribution in [1.29, 1.82) is 0 Å². The zero-order valence-electron chi connectivity index (χ0n) is 14.3. The molecule has 2 aliphatic heterocycles. The van der Waals surface area contributed by atoms with E-state index < -0.39 is 73.6 Å². The first-order chi connectivity index (χ1) is 12.7. The lowest BCUT2D eigenvalue weighted by molar-refractivity contribution is -0.347. The molecule has 0 spiro atoms. The Morgan fingerprint density at radius 1 is 1.19 bits per heavy atom. The van der Waals surface area contributed by atoms with E-state index in [1.807, 2.05) is 0 Å². The van der Waals surface area contributed by atoms with Gasteiger partial charge in [-0.1, -0.05) is 0 Å². The average Bonchev–Trinajstić information content (AvgIpc) is 3.01. The monoisotopic (exact) mass is 392 g/mol. The van der Waals surface area contributed by atoms with E-state index in [0.717, 1.165) is 6.26 Å². The van der Waals surface area contributed by atoms with Crippen LogP contribution in [0, 0.1) is 11.8 Å². The highest BCUT2D eigenvalue weighted by Crippen LogP contribution is 2.49. The van der Waals surface area contributed by atoms with Crippen molar-refractivity contribution in [3.05, 3.63) is 11.8 Å². The summed E-state index contributed by atoms with van der Waals surface area (Å²) < 4.78 is 16.1. The fraction of sp³-hybridized carbons (Fsp3) is 0.812. The molecular weight excluding hydrogens is 368 g/mol. The van der Waals surface area contributed by atoms with Gasteiger partial charge in [-0.3, -0.25) is 0 Å². The Morgan fingerprint density at radius 3 is 2.48 bits per heavy atom. The Kier molecular flexibility index (Phi) is 5.75. The zero-order valence-corrected chi connectivity index (χ0v) is 14.3. The van der Waals surface area contributed by atoms with Gasteiger partial charge < -0.3 is 50.0 Å². The lowest BCUT2D eigenvalue weighted by Gasteiger charge is -2.44. The summed E-state index contributed by atoms with van der Waals surface area (Å²) in [4.78, 5) is 11.4. The molecule has 0 aromatic carbocycles. The Balaban J connectivity index is 1.84. The molecule has 0 aromatic heterocycles. The first-order valence-corrected chi connectivity index (χ1v) is 8.61. The summed E-state index contributed by atoms with van der Waals surface area (Å²) in [5, 5.41) is 68.6. The van der Waals surface area contributed by atoms with Crippen LogP contribution in [0.3, 0.4) is 0 Å². The third-order valence-electron chi connectivity index (χ3n) is 5.60. The molecule has 0 radical (unpaired) electrons. The van der Waals surface area contributed by atoms with Gasteiger partial charge in [0.05, 0.1) is 36.6 Å². The van der Waals surface area contributed by atoms with Crippen LogP contribution in [-0.4, -0.2) is 97.5 Å². The minimum atomic E-state index is -1.68. The highest BCUT2D eigenvalue weighted by molar-refractivity contribution is 5.87. The molecule has 3 aliphatic rings. The van der Waals surface area contributed by atoms with Crippen molar-refractivity contribution < 1.29 is 54.8 Å². The van der Waals surface area contributed by atoms with Crippen LogP contribution in [0.4, 0.5) is 0 Å². The van der Waals surface area contributed by atoms with Crippen LogP contribution in [0.25, 0.3) is 0 Å². The largest absolute Gasteiger partial charge is 0.478 e. The maximum atomic E-state index is 11.4. The molecule has 11 heteroatoms. The summed E-state index contributed by atoms with van der Waals surface area (Å²) in [5.74, 6) is -2.85. The Hall–Kier alpha value is -1.31. The van der Waals surface area contributed by atoms with Gasteiger partial charge in [-0.2, -0.15) is 0 Å². The van der Waals surface area contributed by atoms with Crippen LogP contribution >= 0.6 is 0 Å². The normalized spacial score (nSPS) is 47.1. The van der Waals surface area contributed by atoms with Crippen molar-refractivity contribution in [2.24, 2.45) is 11.8 Å². The summed E-state index contributed by atoms with van der Waals surface area (Å²) in [6, 6.07) is 0. The fourth-order valence-corrected chi connectivity index (χ4v) is 4.05. The third kappa shape index (κ3) is 3.45. The predicted octanol–water partition coefficient (Wildman–Crippen LogP) is -3.12. The molecule has 7 N–H and O–H groups in total. The quantitative estimate of drug-likeness (QED) is 0.251. The number of ether oxygens (including phenoxy) is 3. The number of carboxylic acid groups (broad SMARTS) is 1. The van der Waals surface area contributed by atoms with E-state index >= 15 is 0 Å². The van der Waals surface area contributed by atoms with Crippen LogP contribution in [0.1, 0.15) is 12.8 Å².